The Bertz CT molecular complexity index is 1110. The molecule has 0 bridgehead atoms. The van der Waals surface area contributed by atoms with Crippen LogP contribution in [0.3, 0.4) is 0 Å². The summed E-state index contributed by atoms with van der Waals surface area (Å²) < 4.78 is 78.1. The van der Waals surface area contributed by atoms with Crippen molar-refractivity contribution < 1.29 is 40.7 Å². The smallest absolute Gasteiger partial charge is 0.416 e. The van der Waals surface area contributed by atoms with Crippen LogP contribution < -0.4 is 19.7 Å². The number of carbonyl (C=O) groups is 2. The molecule has 1 aliphatic heterocycles. The molecule has 2 aromatic rings. The molecule has 3 amide bonds. The molecular weight excluding hydrogens is 436 g/mol. The summed E-state index contributed by atoms with van der Waals surface area (Å²) in [6, 6.07) is 4.18. The Morgan fingerprint density at radius 3 is 2.37 bits per heavy atom. The van der Waals surface area contributed by atoms with E-state index in [1.54, 1.807) is 4.72 Å². The Labute approximate surface area is 166 Å². The molecule has 0 spiro atoms. The van der Waals surface area contributed by atoms with Crippen molar-refractivity contribution in [2.24, 2.45) is 0 Å². The number of halogens is 4. The molecule has 0 radical (unpaired) electrons. The van der Waals surface area contributed by atoms with Gasteiger partial charge in [0.15, 0.2) is 5.82 Å². The number of aromatic hydroxyl groups is 1. The lowest BCUT2D eigenvalue weighted by molar-refractivity contribution is -0.137. The number of nitrogens with zero attached hydrogens (tertiary/aromatic N) is 1. The molecule has 0 aliphatic carbocycles. The first-order valence-corrected chi connectivity index (χ1v) is 9.42. The normalized spacial score (nSPS) is 15.6. The topological polar surface area (TPSA) is 128 Å². The molecule has 30 heavy (non-hydrogen) atoms. The minimum Gasteiger partial charge on any atom is -0.506 e. The van der Waals surface area contributed by atoms with Crippen LogP contribution in [0.15, 0.2) is 36.4 Å². The van der Waals surface area contributed by atoms with Gasteiger partial charge in [-0.05, 0) is 24.3 Å². The van der Waals surface area contributed by atoms with Crippen LogP contribution in [0, 0.1) is 5.82 Å². The van der Waals surface area contributed by atoms with Gasteiger partial charge in [0.05, 0.1) is 5.56 Å². The van der Waals surface area contributed by atoms with Crippen LogP contribution in [-0.2, 0) is 21.2 Å². The lowest BCUT2D eigenvalue weighted by Crippen LogP contribution is -2.30. The maximum absolute atomic E-state index is 14.4. The monoisotopic (exact) mass is 448 g/mol. The second-order valence-electron chi connectivity index (χ2n) is 6.02. The van der Waals surface area contributed by atoms with Gasteiger partial charge in [-0.3, -0.25) is 4.79 Å². The number of alkyl halides is 3. The fourth-order valence-corrected chi connectivity index (χ4v) is 3.79. The molecule has 4 N–H and O–H groups in total. The molecule has 0 unspecified atom stereocenters. The number of anilines is 3. The predicted octanol–water partition coefficient (Wildman–Crippen LogP) is 2.38. The van der Waals surface area contributed by atoms with Gasteiger partial charge in [0.1, 0.15) is 18.0 Å². The number of hydrogen-bond acceptors (Lipinski definition) is 5. The number of benzene rings is 2. The molecule has 160 valence electrons. The third-order valence-corrected chi connectivity index (χ3v) is 5.20. The number of hydrogen-bond donors (Lipinski definition) is 4. The molecular formula is C16H12F4N4O5S. The second-order valence-corrected chi connectivity index (χ2v) is 7.62. The minimum absolute atomic E-state index is 0.198. The zero-order valence-corrected chi connectivity index (χ0v) is 15.4. The highest BCUT2D eigenvalue weighted by Gasteiger charge is 2.37. The van der Waals surface area contributed by atoms with Crippen LogP contribution in [0.2, 0.25) is 0 Å². The number of nitrogens with one attached hydrogen (secondary N) is 3. The van der Waals surface area contributed by atoms with Crippen LogP contribution in [0.5, 0.6) is 5.75 Å². The van der Waals surface area contributed by atoms with Crippen molar-refractivity contribution in [2.45, 2.75) is 6.18 Å². The molecule has 0 aromatic heterocycles. The second kappa shape index (κ2) is 7.37. The van der Waals surface area contributed by atoms with Crippen molar-refractivity contribution >= 4 is 39.2 Å². The van der Waals surface area contributed by atoms with Gasteiger partial charge in [0.25, 0.3) is 5.91 Å². The van der Waals surface area contributed by atoms with Crippen LogP contribution in [0.25, 0.3) is 0 Å². The molecule has 14 heteroatoms. The molecule has 1 aliphatic rings. The van der Waals surface area contributed by atoms with Crippen molar-refractivity contribution in [3.63, 3.8) is 0 Å². The maximum atomic E-state index is 14.4. The van der Waals surface area contributed by atoms with Crippen LogP contribution in [0.4, 0.5) is 39.4 Å². The van der Waals surface area contributed by atoms with Gasteiger partial charge in [-0.25, -0.2) is 18.2 Å². The van der Waals surface area contributed by atoms with Crippen molar-refractivity contribution in [3.8, 4) is 5.75 Å². The molecule has 9 nitrogen and oxygen atoms in total. The Balaban J connectivity index is 1.78. The van der Waals surface area contributed by atoms with E-state index in [1.165, 1.54) is 6.07 Å². The molecule has 3 rings (SSSR count). The van der Waals surface area contributed by atoms with Crippen molar-refractivity contribution in [3.05, 3.63) is 47.8 Å². The highest BCUT2D eigenvalue weighted by atomic mass is 32.2. The van der Waals surface area contributed by atoms with Crippen LogP contribution >= 0.6 is 0 Å². The number of phenols is 1. The first kappa shape index (κ1) is 21.2. The molecule has 2 aromatic carbocycles. The van der Waals surface area contributed by atoms with Gasteiger partial charge < -0.3 is 15.7 Å². The quantitative estimate of drug-likeness (QED) is 0.536. The van der Waals surface area contributed by atoms with Crippen LogP contribution in [0.1, 0.15) is 5.56 Å². The van der Waals surface area contributed by atoms with Crippen molar-refractivity contribution in [1.29, 1.82) is 0 Å². The fraction of sp³-hybridized carbons (Fsp3) is 0.125. The summed E-state index contributed by atoms with van der Waals surface area (Å²) in [5, 5.41) is 14.2. The molecule has 0 saturated carbocycles. The lowest BCUT2D eigenvalue weighted by Gasteiger charge is -2.18. The Kier molecular flexibility index (Phi) is 5.20. The number of rotatable bonds is 3. The molecule has 1 saturated heterocycles. The van der Waals surface area contributed by atoms with E-state index in [9.17, 15) is 40.7 Å². The van der Waals surface area contributed by atoms with E-state index in [0.29, 0.717) is 16.4 Å². The van der Waals surface area contributed by atoms with Gasteiger partial charge in [-0.15, -0.1) is 0 Å². The Morgan fingerprint density at radius 1 is 1.13 bits per heavy atom. The summed E-state index contributed by atoms with van der Waals surface area (Å²) in [5.74, 6) is -3.11. The third kappa shape index (κ3) is 4.37. The van der Waals surface area contributed by atoms with Crippen molar-refractivity contribution in [2.75, 3.05) is 21.5 Å². The summed E-state index contributed by atoms with van der Waals surface area (Å²) in [6.07, 6.45) is -4.62. The van der Waals surface area contributed by atoms with E-state index in [1.807, 2.05) is 0 Å². The standard InChI is InChI=1S/C16H12F4N4O5S/c17-11-5-10(6-12(25)14(11)24-7-13(26)23-30(24,28)29)22-15(27)21-9-3-1-2-8(4-9)16(18,19)20/h1-6,25H,7H2,(H,23,26)(H2,21,22,27). The average Bonchev–Trinajstić information content (AvgIpc) is 2.85. The van der Waals surface area contributed by atoms with E-state index < -0.39 is 57.7 Å². The zero-order chi connectivity index (χ0) is 22.3. The molecule has 1 fully saturated rings. The van der Waals surface area contributed by atoms with E-state index in [4.69, 9.17) is 0 Å². The fourth-order valence-electron chi connectivity index (χ4n) is 2.62. The summed E-state index contributed by atoms with van der Waals surface area (Å²) in [7, 11) is -4.38. The molecule has 1 heterocycles. The van der Waals surface area contributed by atoms with Gasteiger partial charge in [-0.2, -0.15) is 21.6 Å². The number of carbonyl (C=O) groups excluding carboxylic acids is 2. The SMILES string of the molecule is O=C1CN(c2c(O)cc(NC(=O)Nc3cccc(C(F)(F)F)c3)cc2F)S(=O)(=O)N1. The summed E-state index contributed by atoms with van der Waals surface area (Å²) in [6.45, 7) is -0.754. The Morgan fingerprint density at radius 2 is 1.80 bits per heavy atom. The van der Waals surface area contributed by atoms with E-state index in [2.05, 4.69) is 10.6 Å². The van der Waals surface area contributed by atoms with Crippen molar-refractivity contribution in [1.82, 2.24) is 4.72 Å². The van der Waals surface area contributed by atoms with Gasteiger partial charge in [-0.1, -0.05) is 6.07 Å². The number of urea groups is 1. The Hall–Kier alpha value is -3.55. The number of amides is 3. The van der Waals surface area contributed by atoms with Gasteiger partial charge >= 0.3 is 22.4 Å². The highest BCUT2D eigenvalue weighted by molar-refractivity contribution is 7.92. The maximum Gasteiger partial charge on any atom is 0.416 e. The molecule has 0 atom stereocenters. The first-order chi connectivity index (χ1) is 13.9. The third-order valence-electron chi connectivity index (χ3n) is 3.82. The lowest BCUT2D eigenvalue weighted by atomic mass is 10.2. The summed E-state index contributed by atoms with van der Waals surface area (Å²) in [4.78, 5) is 23.2. The average molecular weight is 448 g/mol. The minimum atomic E-state index is -4.62. The summed E-state index contributed by atoms with van der Waals surface area (Å²) in [5.41, 5.74) is -2.33. The zero-order valence-electron chi connectivity index (χ0n) is 14.6. The van der Waals surface area contributed by atoms with E-state index >= 15 is 0 Å². The van der Waals surface area contributed by atoms with Crippen LogP contribution in [-0.4, -0.2) is 32.0 Å². The van der Waals surface area contributed by atoms with E-state index in [0.717, 1.165) is 18.2 Å². The largest absolute Gasteiger partial charge is 0.506 e. The number of phenolic OH excluding ortho intramolecular Hbond substituents is 1. The highest BCUT2D eigenvalue weighted by Crippen LogP contribution is 2.36. The first-order valence-electron chi connectivity index (χ1n) is 7.98. The van der Waals surface area contributed by atoms with Gasteiger partial charge in [0.2, 0.25) is 0 Å². The predicted molar refractivity (Wildman–Crippen MR) is 96.6 cm³/mol. The summed E-state index contributed by atoms with van der Waals surface area (Å²) >= 11 is 0. The van der Waals surface area contributed by atoms with E-state index in [-0.39, 0.29) is 11.4 Å². The van der Waals surface area contributed by atoms with Gasteiger partial charge in [0, 0.05) is 17.4 Å².